The fourth-order valence-corrected chi connectivity index (χ4v) is 9.05. The van der Waals surface area contributed by atoms with Crippen molar-refractivity contribution in [3.8, 4) is 11.1 Å². The number of hydrogen-bond acceptors (Lipinski definition) is 2. The van der Waals surface area contributed by atoms with Crippen molar-refractivity contribution >= 4 is 39.3 Å². The molecule has 3 aliphatic rings. The zero-order chi connectivity index (χ0) is 26.9. The predicted molar refractivity (Wildman–Crippen MR) is 172 cm³/mol. The highest BCUT2D eigenvalue weighted by Gasteiger charge is 2.37. The molecule has 0 spiro atoms. The topological polar surface area (TPSA) is 13.1 Å². The zero-order valence-corrected chi connectivity index (χ0v) is 23.4. The van der Waals surface area contributed by atoms with Gasteiger partial charge in [0.15, 0.2) is 0 Å². The molecular formula is C39H28OS. The fourth-order valence-electron chi connectivity index (χ4n) is 7.56. The van der Waals surface area contributed by atoms with Gasteiger partial charge in [0.2, 0.25) is 0 Å². The minimum Gasteiger partial charge on any atom is -0.456 e. The lowest BCUT2D eigenvalue weighted by atomic mass is 9.81. The summed E-state index contributed by atoms with van der Waals surface area (Å²) in [4.78, 5) is 1.40. The lowest BCUT2D eigenvalue weighted by Crippen LogP contribution is -2.13. The van der Waals surface area contributed by atoms with E-state index in [1.165, 1.54) is 60.2 Å². The van der Waals surface area contributed by atoms with Crippen molar-refractivity contribution in [2.24, 2.45) is 0 Å². The standard InChI is InChI=1S/C39H28OS/c1-2-11-25-24(10-1)22-23-28(27-13-4-3-12-26(25)27)30-15-8-19-34-37(30)38-31(16-9-20-35(38)40-34)33-18-7-17-32-29-14-5-6-21-36(29)41-39(32)33/h1-21,28,32,39H,22-23H2. The molecule has 0 bridgehead atoms. The first-order chi connectivity index (χ1) is 20.3. The van der Waals surface area contributed by atoms with Crippen LogP contribution >= 0.6 is 11.8 Å². The summed E-state index contributed by atoms with van der Waals surface area (Å²) in [6.45, 7) is 0. The number of aryl methyl sites for hydroxylation is 1. The van der Waals surface area contributed by atoms with Crippen LogP contribution in [-0.4, -0.2) is 5.25 Å². The molecule has 41 heavy (non-hydrogen) atoms. The number of allylic oxidation sites excluding steroid dienone is 3. The average molecular weight is 545 g/mol. The molecule has 6 aromatic rings. The number of furan rings is 1. The quantitative estimate of drug-likeness (QED) is 0.215. The number of thioether (sulfide) groups is 1. The van der Waals surface area contributed by atoms with E-state index in [1.807, 2.05) is 11.8 Å². The van der Waals surface area contributed by atoms with E-state index in [-0.39, 0.29) is 5.92 Å². The minimum absolute atomic E-state index is 0.286. The van der Waals surface area contributed by atoms with Crippen LogP contribution in [-0.2, 0) is 6.42 Å². The summed E-state index contributed by atoms with van der Waals surface area (Å²) in [5.74, 6) is 0.686. The van der Waals surface area contributed by atoms with Crippen LogP contribution in [0.5, 0.6) is 0 Å². The maximum atomic E-state index is 6.62. The molecule has 0 radical (unpaired) electrons. The van der Waals surface area contributed by atoms with Gasteiger partial charge in [-0.15, -0.1) is 11.8 Å². The number of rotatable bonds is 2. The van der Waals surface area contributed by atoms with E-state index in [1.54, 1.807) is 0 Å². The van der Waals surface area contributed by atoms with Crippen molar-refractivity contribution in [3.63, 3.8) is 0 Å². The fraction of sp³-hybridized carbons (Fsp3) is 0.128. The summed E-state index contributed by atoms with van der Waals surface area (Å²) in [6.07, 6.45) is 9.12. The van der Waals surface area contributed by atoms with Crippen LogP contribution in [0.15, 0.2) is 137 Å². The van der Waals surface area contributed by atoms with Crippen molar-refractivity contribution in [2.75, 3.05) is 0 Å². The van der Waals surface area contributed by atoms with Crippen molar-refractivity contribution in [2.45, 2.75) is 34.8 Å². The summed E-state index contributed by atoms with van der Waals surface area (Å²) in [7, 11) is 0. The molecule has 5 aromatic carbocycles. The third-order valence-corrected chi connectivity index (χ3v) is 10.8. The zero-order valence-electron chi connectivity index (χ0n) is 22.6. The first-order valence-electron chi connectivity index (χ1n) is 14.6. The third-order valence-electron chi connectivity index (χ3n) is 9.35. The van der Waals surface area contributed by atoms with Gasteiger partial charge in [0.05, 0.1) is 0 Å². The molecule has 0 N–H and O–H groups in total. The maximum absolute atomic E-state index is 6.62. The molecular weight excluding hydrogens is 516 g/mol. The van der Waals surface area contributed by atoms with E-state index in [9.17, 15) is 0 Å². The Bertz CT molecular complexity index is 2060. The van der Waals surface area contributed by atoms with Gasteiger partial charge in [-0.1, -0.05) is 109 Å². The van der Waals surface area contributed by atoms with Crippen LogP contribution in [0.2, 0.25) is 0 Å². The van der Waals surface area contributed by atoms with Gasteiger partial charge in [-0.05, 0) is 75.6 Å². The highest BCUT2D eigenvalue weighted by molar-refractivity contribution is 8.00. The lowest BCUT2D eigenvalue weighted by molar-refractivity contribution is 0.667. The molecule has 0 saturated carbocycles. The monoisotopic (exact) mass is 544 g/mol. The molecule has 1 aliphatic heterocycles. The second kappa shape index (κ2) is 9.12. The Labute approximate surface area is 244 Å². The molecule has 9 rings (SSSR count). The average Bonchev–Trinajstić information content (AvgIpc) is 3.55. The molecule has 3 unspecified atom stereocenters. The molecule has 1 nitrogen and oxygen atoms in total. The van der Waals surface area contributed by atoms with Gasteiger partial charge in [0.25, 0.3) is 0 Å². The summed E-state index contributed by atoms with van der Waals surface area (Å²) in [5, 5.41) is 2.90. The molecule has 2 aliphatic carbocycles. The summed E-state index contributed by atoms with van der Waals surface area (Å²) < 4.78 is 6.62. The molecule has 1 aromatic heterocycles. The van der Waals surface area contributed by atoms with Crippen molar-refractivity contribution in [1.82, 2.24) is 0 Å². The maximum Gasteiger partial charge on any atom is 0.136 e. The van der Waals surface area contributed by atoms with Gasteiger partial charge in [-0.2, -0.15) is 0 Å². The molecule has 196 valence electrons. The van der Waals surface area contributed by atoms with Gasteiger partial charge in [0, 0.05) is 32.8 Å². The third kappa shape index (κ3) is 3.50. The number of benzene rings is 5. The largest absolute Gasteiger partial charge is 0.456 e. The molecule has 0 fully saturated rings. The number of fused-ring (bicyclic) bond motifs is 9. The van der Waals surface area contributed by atoms with Crippen LogP contribution in [0.25, 0.3) is 38.6 Å². The number of hydrogen-bond donors (Lipinski definition) is 0. The molecule has 3 atom stereocenters. The predicted octanol–water partition coefficient (Wildman–Crippen LogP) is 10.5. The van der Waals surface area contributed by atoms with Gasteiger partial charge in [-0.25, -0.2) is 0 Å². The smallest absolute Gasteiger partial charge is 0.136 e. The van der Waals surface area contributed by atoms with Crippen molar-refractivity contribution in [1.29, 1.82) is 0 Å². The van der Waals surface area contributed by atoms with Crippen LogP contribution in [0.3, 0.4) is 0 Å². The van der Waals surface area contributed by atoms with E-state index in [2.05, 4.69) is 127 Å². The normalized spacial score (nSPS) is 20.7. The Morgan fingerprint density at radius 1 is 0.610 bits per heavy atom. The second-order valence-corrected chi connectivity index (χ2v) is 12.6. The Hall–Kier alpha value is -4.27. The van der Waals surface area contributed by atoms with Crippen LogP contribution in [0, 0.1) is 0 Å². The SMILES string of the molecule is C1=CC2c3ccccc3SC2C(c2cccc3oc4cccc(C5CCc6ccccc6-c6ccccc65)c4c23)=C1. The summed E-state index contributed by atoms with van der Waals surface area (Å²) in [5.41, 5.74) is 13.1. The molecule has 0 amide bonds. The second-order valence-electron chi connectivity index (χ2n) is 11.4. The first kappa shape index (κ1) is 23.4. The Morgan fingerprint density at radius 3 is 2.24 bits per heavy atom. The van der Waals surface area contributed by atoms with E-state index >= 15 is 0 Å². The van der Waals surface area contributed by atoms with Gasteiger partial charge < -0.3 is 4.42 Å². The lowest BCUT2D eigenvalue weighted by Gasteiger charge is -2.24. The van der Waals surface area contributed by atoms with E-state index in [0.29, 0.717) is 11.2 Å². The van der Waals surface area contributed by atoms with Crippen LogP contribution in [0.1, 0.15) is 46.1 Å². The minimum atomic E-state index is 0.286. The first-order valence-corrected chi connectivity index (χ1v) is 15.5. The van der Waals surface area contributed by atoms with Crippen LogP contribution < -0.4 is 0 Å². The molecule has 2 heterocycles. The van der Waals surface area contributed by atoms with Crippen LogP contribution in [0.4, 0.5) is 0 Å². The summed E-state index contributed by atoms with van der Waals surface area (Å²) >= 11 is 2.01. The van der Waals surface area contributed by atoms with E-state index < -0.39 is 0 Å². The van der Waals surface area contributed by atoms with Gasteiger partial charge >= 0.3 is 0 Å². The van der Waals surface area contributed by atoms with E-state index in [0.717, 1.165) is 24.0 Å². The molecule has 2 heteroatoms. The summed E-state index contributed by atoms with van der Waals surface area (Å²) in [6, 6.07) is 40.2. The Morgan fingerprint density at radius 2 is 1.32 bits per heavy atom. The van der Waals surface area contributed by atoms with E-state index in [4.69, 9.17) is 4.42 Å². The highest BCUT2D eigenvalue weighted by Crippen LogP contribution is 2.54. The van der Waals surface area contributed by atoms with Gasteiger partial charge in [0.1, 0.15) is 11.2 Å². The van der Waals surface area contributed by atoms with Crippen molar-refractivity contribution < 1.29 is 4.42 Å². The Balaban J connectivity index is 1.26. The Kier molecular flexibility index (Phi) is 5.22. The van der Waals surface area contributed by atoms with Crippen molar-refractivity contribution in [3.05, 3.63) is 155 Å². The highest BCUT2D eigenvalue weighted by atomic mass is 32.2. The van der Waals surface area contributed by atoms with Gasteiger partial charge in [-0.3, -0.25) is 0 Å². The molecule has 0 saturated heterocycles.